The Balaban J connectivity index is 2.04. The lowest BCUT2D eigenvalue weighted by Gasteiger charge is -2.07. The number of nitrogens with zero attached hydrogens (tertiary/aromatic N) is 3. The molecule has 1 aromatic heterocycles. The molecule has 0 spiro atoms. The summed E-state index contributed by atoms with van der Waals surface area (Å²) in [6.45, 7) is 0.0920. The lowest BCUT2D eigenvalue weighted by Crippen LogP contribution is -2.26. The summed E-state index contributed by atoms with van der Waals surface area (Å²) in [5.41, 5.74) is 5.52. The van der Waals surface area contributed by atoms with E-state index in [2.05, 4.69) is 14.8 Å². The molecule has 0 atom stereocenters. The van der Waals surface area contributed by atoms with Gasteiger partial charge in [0.25, 0.3) is 0 Å². The highest BCUT2D eigenvalue weighted by molar-refractivity contribution is 7.89. The topological polar surface area (TPSA) is 103 Å². The molecule has 0 radical (unpaired) electrons. The summed E-state index contributed by atoms with van der Waals surface area (Å²) in [4.78, 5) is 3.98. The van der Waals surface area contributed by atoms with Crippen LogP contribution in [0.5, 0.6) is 0 Å². The summed E-state index contributed by atoms with van der Waals surface area (Å²) < 4.78 is 41.5. The van der Waals surface area contributed by atoms with Gasteiger partial charge in [-0.3, -0.25) is 4.68 Å². The van der Waals surface area contributed by atoms with E-state index in [1.54, 1.807) is 7.05 Å². The third-order valence-corrected chi connectivity index (χ3v) is 4.29. The van der Waals surface area contributed by atoms with Crippen molar-refractivity contribution in [2.75, 3.05) is 6.54 Å². The molecule has 1 heterocycles. The molecule has 0 unspecified atom stereocenters. The zero-order valence-electron chi connectivity index (χ0n) is 11.5. The molecule has 21 heavy (non-hydrogen) atoms. The van der Waals surface area contributed by atoms with Gasteiger partial charge in [0, 0.05) is 32.1 Å². The second-order valence-corrected chi connectivity index (χ2v) is 6.21. The van der Waals surface area contributed by atoms with E-state index in [1.165, 1.54) is 23.1 Å². The van der Waals surface area contributed by atoms with Crippen molar-refractivity contribution < 1.29 is 12.8 Å². The van der Waals surface area contributed by atoms with Crippen molar-refractivity contribution in [1.82, 2.24) is 19.5 Å². The van der Waals surface area contributed by atoms with Crippen molar-refractivity contribution in [3.63, 3.8) is 0 Å². The van der Waals surface area contributed by atoms with Crippen LogP contribution in [0.4, 0.5) is 4.39 Å². The monoisotopic (exact) mass is 313 g/mol. The molecular weight excluding hydrogens is 297 g/mol. The number of rotatable bonds is 6. The van der Waals surface area contributed by atoms with Crippen LogP contribution in [0, 0.1) is 5.82 Å². The van der Waals surface area contributed by atoms with Crippen LogP contribution >= 0.6 is 0 Å². The molecule has 0 aliphatic heterocycles. The maximum absolute atomic E-state index is 13.3. The van der Waals surface area contributed by atoms with Crippen LogP contribution in [0.2, 0.25) is 0 Å². The zero-order valence-corrected chi connectivity index (χ0v) is 12.3. The number of nitrogens with one attached hydrogen (secondary N) is 1. The number of hydrogen-bond donors (Lipinski definition) is 2. The zero-order chi connectivity index (χ0) is 15.5. The molecule has 0 saturated carbocycles. The van der Waals surface area contributed by atoms with Gasteiger partial charge < -0.3 is 5.73 Å². The Morgan fingerprint density at radius 2 is 2.19 bits per heavy atom. The highest BCUT2D eigenvalue weighted by Gasteiger charge is 2.15. The fourth-order valence-corrected chi connectivity index (χ4v) is 2.84. The minimum Gasteiger partial charge on any atom is -0.326 e. The molecule has 7 nitrogen and oxygen atoms in total. The van der Waals surface area contributed by atoms with Gasteiger partial charge in [0.1, 0.15) is 12.1 Å². The Morgan fingerprint density at radius 1 is 1.43 bits per heavy atom. The normalized spacial score (nSPS) is 11.8. The summed E-state index contributed by atoms with van der Waals surface area (Å²) in [5.74, 6) is 0.0242. The first-order valence-electron chi connectivity index (χ1n) is 6.25. The van der Waals surface area contributed by atoms with Crippen molar-refractivity contribution in [3.8, 4) is 0 Å². The van der Waals surface area contributed by atoms with Crippen LogP contribution in [0.25, 0.3) is 0 Å². The van der Waals surface area contributed by atoms with Gasteiger partial charge in [-0.1, -0.05) is 0 Å². The summed E-state index contributed by atoms with van der Waals surface area (Å²) in [5, 5.41) is 4.05. The number of aryl methyl sites for hydroxylation is 1. The lowest BCUT2D eigenvalue weighted by molar-refractivity contribution is 0.578. The Morgan fingerprint density at radius 3 is 2.81 bits per heavy atom. The summed E-state index contributed by atoms with van der Waals surface area (Å²) in [6, 6.07) is 3.53. The molecule has 0 aliphatic rings. The molecule has 9 heteroatoms. The van der Waals surface area contributed by atoms with Gasteiger partial charge >= 0.3 is 0 Å². The van der Waals surface area contributed by atoms with Gasteiger partial charge in [0.2, 0.25) is 10.0 Å². The molecular formula is C12H16FN5O2S. The second-order valence-electron chi connectivity index (χ2n) is 4.44. The van der Waals surface area contributed by atoms with Gasteiger partial charge in [0.15, 0.2) is 5.82 Å². The van der Waals surface area contributed by atoms with Crippen molar-refractivity contribution in [2.45, 2.75) is 17.9 Å². The van der Waals surface area contributed by atoms with Gasteiger partial charge in [-0.25, -0.2) is 22.5 Å². The lowest BCUT2D eigenvalue weighted by atomic mass is 10.2. The second kappa shape index (κ2) is 6.29. The van der Waals surface area contributed by atoms with Crippen molar-refractivity contribution in [2.24, 2.45) is 12.8 Å². The van der Waals surface area contributed by atoms with Crippen molar-refractivity contribution in [3.05, 3.63) is 41.7 Å². The van der Waals surface area contributed by atoms with E-state index < -0.39 is 15.8 Å². The highest BCUT2D eigenvalue weighted by Crippen LogP contribution is 2.14. The Hall–Kier alpha value is -1.84. The number of halogens is 1. The van der Waals surface area contributed by atoms with Gasteiger partial charge in [0.05, 0.1) is 4.90 Å². The molecule has 2 rings (SSSR count). The molecule has 114 valence electrons. The van der Waals surface area contributed by atoms with Crippen molar-refractivity contribution >= 4 is 10.0 Å². The number of nitrogens with two attached hydrogens (primary N) is 1. The third kappa shape index (κ3) is 3.84. The summed E-state index contributed by atoms with van der Waals surface area (Å²) in [7, 11) is -1.98. The van der Waals surface area contributed by atoms with Gasteiger partial charge in [-0.2, -0.15) is 5.10 Å². The van der Waals surface area contributed by atoms with Crippen LogP contribution < -0.4 is 10.5 Å². The third-order valence-electron chi connectivity index (χ3n) is 2.84. The van der Waals surface area contributed by atoms with Crippen LogP contribution in [-0.4, -0.2) is 29.7 Å². The Labute approximate surface area is 122 Å². The minimum atomic E-state index is -3.71. The van der Waals surface area contributed by atoms with Crippen LogP contribution in [0.3, 0.4) is 0 Å². The summed E-state index contributed by atoms with van der Waals surface area (Å²) >= 11 is 0. The minimum absolute atomic E-state index is 0.0154. The molecule has 3 N–H and O–H groups in total. The standard InChI is InChI=1S/C12H16FN5O2S/c1-18-8-15-12(17-18)4-5-16-21(19,20)10-2-3-11(13)9(6-10)7-14/h2-3,6,8,16H,4-5,7,14H2,1H3. The largest absolute Gasteiger partial charge is 0.326 e. The van der Waals surface area contributed by atoms with E-state index in [1.807, 2.05) is 0 Å². The SMILES string of the molecule is Cn1cnc(CCNS(=O)(=O)c2ccc(F)c(CN)c2)n1. The van der Waals surface area contributed by atoms with Crippen LogP contribution in [-0.2, 0) is 30.0 Å². The molecule has 2 aromatic rings. The molecule has 0 fully saturated rings. The predicted octanol–water partition coefficient (Wildman–Crippen LogP) is -0.0661. The highest BCUT2D eigenvalue weighted by atomic mass is 32.2. The number of hydrogen-bond acceptors (Lipinski definition) is 5. The average Bonchev–Trinajstić information content (AvgIpc) is 2.84. The van der Waals surface area contributed by atoms with Gasteiger partial charge in [-0.15, -0.1) is 0 Å². The predicted molar refractivity (Wildman–Crippen MR) is 74.2 cm³/mol. The molecule has 1 aromatic carbocycles. The number of sulfonamides is 1. The van der Waals surface area contributed by atoms with E-state index in [0.717, 1.165) is 6.07 Å². The Bertz CT molecular complexity index is 729. The average molecular weight is 313 g/mol. The maximum atomic E-state index is 13.3. The van der Waals surface area contributed by atoms with E-state index >= 15 is 0 Å². The number of aromatic nitrogens is 3. The van der Waals surface area contributed by atoms with E-state index in [-0.39, 0.29) is 23.5 Å². The van der Waals surface area contributed by atoms with Crippen molar-refractivity contribution in [1.29, 1.82) is 0 Å². The Kier molecular flexibility index (Phi) is 4.66. The fourth-order valence-electron chi connectivity index (χ4n) is 1.75. The first kappa shape index (κ1) is 15.5. The summed E-state index contributed by atoms with van der Waals surface area (Å²) in [6.07, 6.45) is 1.91. The van der Waals surface area contributed by atoms with E-state index in [0.29, 0.717) is 12.2 Å². The van der Waals surface area contributed by atoms with Crippen LogP contribution in [0.1, 0.15) is 11.4 Å². The molecule has 0 amide bonds. The van der Waals surface area contributed by atoms with Gasteiger partial charge in [-0.05, 0) is 18.2 Å². The quantitative estimate of drug-likeness (QED) is 0.777. The first-order chi connectivity index (χ1) is 9.92. The molecule has 0 saturated heterocycles. The maximum Gasteiger partial charge on any atom is 0.240 e. The number of benzene rings is 1. The molecule has 0 bridgehead atoms. The van der Waals surface area contributed by atoms with E-state index in [4.69, 9.17) is 5.73 Å². The first-order valence-corrected chi connectivity index (χ1v) is 7.73. The smallest absolute Gasteiger partial charge is 0.240 e. The fraction of sp³-hybridized carbons (Fsp3) is 0.333. The van der Waals surface area contributed by atoms with Crippen LogP contribution in [0.15, 0.2) is 29.4 Å². The van der Waals surface area contributed by atoms with E-state index in [9.17, 15) is 12.8 Å². The molecule has 0 aliphatic carbocycles.